The molecule has 2 aromatic carbocycles. The summed E-state index contributed by atoms with van der Waals surface area (Å²) in [5.41, 5.74) is 5.00. The van der Waals surface area contributed by atoms with Gasteiger partial charge in [-0.2, -0.15) is 5.10 Å². The van der Waals surface area contributed by atoms with Crippen molar-refractivity contribution in [1.29, 1.82) is 0 Å². The Bertz CT molecular complexity index is 1060. The molecule has 0 aliphatic heterocycles. The summed E-state index contributed by atoms with van der Waals surface area (Å²) in [4.78, 5) is 17.4. The molecule has 0 bridgehead atoms. The highest BCUT2D eigenvalue weighted by Crippen LogP contribution is 2.27. The van der Waals surface area contributed by atoms with Gasteiger partial charge in [0.05, 0.1) is 11.9 Å². The van der Waals surface area contributed by atoms with Gasteiger partial charge in [-0.15, -0.1) is 11.3 Å². The number of thiazole rings is 1. The van der Waals surface area contributed by atoms with Crippen molar-refractivity contribution in [3.05, 3.63) is 77.0 Å². The van der Waals surface area contributed by atoms with Gasteiger partial charge in [-0.3, -0.25) is 4.79 Å². The topological polar surface area (TPSA) is 67.5 Å². The SMILES string of the molecule is Cc1nc(-c2ccccc2)sc1C(=O)N/N=C\c1cc2ccccc2o1. The molecule has 5 nitrogen and oxygen atoms in total. The Morgan fingerprint density at radius 3 is 2.73 bits per heavy atom. The van der Waals surface area contributed by atoms with Crippen molar-refractivity contribution < 1.29 is 9.21 Å². The smallest absolute Gasteiger partial charge is 0.283 e. The van der Waals surface area contributed by atoms with Gasteiger partial charge in [0.15, 0.2) is 0 Å². The highest BCUT2D eigenvalue weighted by molar-refractivity contribution is 7.17. The van der Waals surface area contributed by atoms with E-state index in [1.165, 1.54) is 17.6 Å². The number of hydrogen-bond acceptors (Lipinski definition) is 5. The number of fused-ring (bicyclic) bond motifs is 1. The average Bonchev–Trinajstić information content (AvgIpc) is 3.25. The van der Waals surface area contributed by atoms with Crippen LogP contribution in [0.3, 0.4) is 0 Å². The molecule has 0 saturated heterocycles. The molecule has 6 heteroatoms. The van der Waals surface area contributed by atoms with Crippen molar-refractivity contribution in [3.8, 4) is 10.6 Å². The van der Waals surface area contributed by atoms with Crippen LogP contribution in [0.25, 0.3) is 21.5 Å². The molecule has 0 spiro atoms. The Morgan fingerprint density at radius 2 is 1.92 bits per heavy atom. The molecular weight excluding hydrogens is 346 g/mol. The lowest BCUT2D eigenvalue weighted by molar-refractivity contribution is 0.0958. The number of nitrogens with one attached hydrogen (secondary N) is 1. The van der Waals surface area contributed by atoms with Crippen LogP contribution < -0.4 is 5.43 Å². The number of amides is 1. The van der Waals surface area contributed by atoms with Crippen LogP contribution in [0.15, 0.2) is 70.2 Å². The van der Waals surface area contributed by atoms with E-state index >= 15 is 0 Å². The van der Waals surface area contributed by atoms with E-state index in [2.05, 4.69) is 15.5 Å². The second-order valence-corrected chi connectivity index (χ2v) is 6.68. The van der Waals surface area contributed by atoms with Crippen LogP contribution in [0.2, 0.25) is 0 Å². The zero-order chi connectivity index (χ0) is 17.9. The summed E-state index contributed by atoms with van der Waals surface area (Å²) in [5, 5.41) is 5.80. The Balaban J connectivity index is 1.49. The van der Waals surface area contributed by atoms with Gasteiger partial charge in [0.2, 0.25) is 0 Å². The first-order valence-corrected chi connectivity index (χ1v) is 8.87. The van der Waals surface area contributed by atoms with Gasteiger partial charge in [-0.25, -0.2) is 10.4 Å². The molecule has 0 unspecified atom stereocenters. The molecule has 26 heavy (non-hydrogen) atoms. The Morgan fingerprint density at radius 1 is 1.15 bits per heavy atom. The van der Waals surface area contributed by atoms with Crippen molar-refractivity contribution in [3.63, 3.8) is 0 Å². The molecule has 0 saturated carbocycles. The number of nitrogens with zero attached hydrogens (tertiary/aromatic N) is 2. The number of rotatable bonds is 4. The first-order valence-electron chi connectivity index (χ1n) is 8.05. The number of carbonyl (C=O) groups is 1. The van der Waals surface area contributed by atoms with Gasteiger partial charge < -0.3 is 4.42 Å². The predicted octanol–water partition coefficient (Wildman–Crippen LogP) is 4.63. The Labute approximate surface area is 154 Å². The fourth-order valence-corrected chi connectivity index (χ4v) is 3.54. The van der Waals surface area contributed by atoms with Gasteiger partial charge in [0.25, 0.3) is 5.91 Å². The number of hydrazone groups is 1. The molecule has 1 N–H and O–H groups in total. The van der Waals surface area contributed by atoms with Crippen molar-refractivity contribution in [1.82, 2.24) is 10.4 Å². The summed E-state index contributed by atoms with van der Waals surface area (Å²) in [6, 6.07) is 19.4. The summed E-state index contributed by atoms with van der Waals surface area (Å²) in [5.74, 6) is 0.298. The summed E-state index contributed by atoms with van der Waals surface area (Å²) >= 11 is 1.35. The molecule has 0 atom stereocenters. The quantitative estimate of drug-likeness (QED) is 0.426. The number of carbonyl (C=O) groups excluding carboxylic acids is 1. The molecule has 128 valence electrons. The van der Waals surface area contributed by atoms with E-state index in [9.17, 15) is 4.79 Å². The molecule has 2 aromatic heterocycles. The fraction of sp³-hybridized carbons (Fsp3) is 0.0500. The van der Waals surface area contributed by atoms with Crippen LogP contribution in [0.1, 0.15) is 21.1 Å². The number of para-hydroxylation sites is 1. The third-order valence-corrected chi connectivity index (χ3v) is 5.03. The van der Waals surface area contributed by atoms with Gasteiger partial charge in [-0.05, 0) is 19.1 Å². The number of furan rings is 1. The van der Waals surface area contributed by atoms with E-state index in [1.807, 2.05) is 67.6 Å². The molecule has 0 fully saturated rings. The fourth-order valence-electron chi connectivity index (χ4n) is 2.58. The maximum Gasteiger partial charge on any atom is 0.283 e. The molecule has 2 heterocycles. The zero-order valence-corrected chi connectivity index (χ0v) is 14.8. The van der Waals surface area contributed by atoms with Crippen LogP contribution in [0.5, 0.6) is 0 Å². The van der Waals surface area contributed by atoms with Gasteiger partial charge in [-0.1, -0.05) is 48.5 Å². The predicted molar refractivity (Wildman–Crippen MR) is 104 cm³/mol. The summed E-state index contributed by atoms with van der Waals surface area (Å²) in [6.45, 7) is 1.82. The van der Waals surface area contributed by atoms with E-state index in [0.29, 0.717) is 16.3 Å². The third-order valence-electron chi connectivity index (χ3n) is 3.83. The lowest BCUT2D eigenvalue weighted by Gasteiger charge is -1.96. The minimum Gasteiger partial charge on any atom is -0.455 e. The van der Waals surface area contributed by atoms with Crippen LogP contribution in [0, 0.1) is 6.92 Å². The summed E-state index contributed by atoms with van der Waals surface area (Å²) < 4.78 is 5.63. The van der Waals surface area contributed by atoms with Gasteiger partial charge >= 0.3 is 0 Å². The number of aryl methyl sites for hydroxylation is 1. The minimum absolute atomic E-state index is 0.283. The maximum atomic E-state index is 12.4. The lowest BCUT2D eigenvalue weighted by Crippen LogP contribution is -2.17. The van der Waals surface area contributed by atoms with E-state index in [1.54, 1.807) is 0 Å². The first-order chi connectivity index (χ1) is 12.7. The molecule has 4 rings (SSSR count). The van der Waals surface area contributed by atoms with Crippen LogP contribution in [-0.4, -0.2) is 17.1 Å². The molecular formula is C20H15N3O2S. The average molecular weight is 361 g/mol. The van der Waals surface area contributed by atoms with Crippen LogP contribution >= 0.6 is 11.3 Å². The van der Waals surface area contributed by atoms with Crippen LogP contribution in [0.4, 0.5) is 0 Å². The monoisotopic (exact) mass is 361 g/mol. The number of hydrogen-bond donors (Lipinski definition) is 1. The Hall–Kier alpha value is -3.25. The van der Waals surface area contributed by atoms with Crippen LogP contribution in [-0.2, 0) is 0 Å². The molecule has 0 aliphatic carbocycles. The largest absolute Gasteiger partial charge is 0.455 e. The van der Waals surface area contributed by atoms with Gasteiger partial charge in [0.1, 0.15) is 21.2 Å². The molecule has 4 aromatic rings. The van der Waals surface area contributed by atoms with Crippen molar-refractivity contribution >= 4 is 34.4 Å². The summed E-state index contributed by atoms with van der Waals surface area (Å²) in [6.07, 6.45) is 1.49. The van der Waals surface area contributed by atoms with Crippen molar-refractivity contribution in [2.45, 2.75) is 6.92 Å². The van der Waals surface area contributed by atoms with Crippen molar-refractivity contribution in [2.75, 3.05) is 0 Å². The van der Waals surface area contributed by atoms with E-state index in [4.69, 9.17) is 4.42 Å². The molecule has 0 aliphatic rings. The third kappa shape index (κ3) is 3.27. The minimum atomic E-state index is -0.283. The van der Waals surface area contributed by atoms with E-state index in [-0.39, 0.29) is 5.91 Å². The second-order valence-electron chi connectivity index (χ2n) is 5.69. The molecule has 0 radical (unpaired) electrons. The second kappa shape index (κ2) is 6.93. The number of benzene rings is 2. The maximum absolute atomic E-state index is 12.4. The standard InChI is InChI=1S/C20H15N3O2S/c1-13-18(26-20(22-13)14-7-3-2-4-8-14)19(24)23-21-12-16-11-15-9-5-6-10-17(15)25-16/h2-12H,1H3,(H,23,24)/b21-12-. The molecule has 1 amide bonds. The van der Waals surface area contributed by atoms with Crippen molar-refractivity contribution in [2.24, 2.45) is 5.10 Å². The Kier molecular flexibility index (Phi) is 4.33. The van der Waals surface area contributed by atoms with Gasteiger partial charge in [0, 0.05) is 10.9 Å². The summed E-state index contributed by atoms with van der Waals surface area (Å²) in [7, 11) is 0. The first kappa shape index (κ1) is 16.2. The lowest BCUT2D eigenvalue weighted by atomic mass is 10.2. The zero-order valence-electron chi connectivity index (χ0n) is 14.0. The van der Waals surface area contributed by atoms with E-state index < -0.39 is 0 Å². The highest BCUT2D eigenvalue weighted by atomic mass is 32.1. The normalized spacial score (nSPS) is 11.3. The highest BCUT2D eigenvalue weighted by Gasteiger charge is 2.15. The number of aromatic nitrogens is 1. The van der Waals surface area contributed by atoms with E-state index in [0.717, 1.165) is 21.5 Å².